The number of hydrogen-bond acceptors (Lipinski definition) is 1. The van der Waals surface area contributed by atoms with Crippen LogP contribution < -0.4 is 5.32 Å². The van der Waals surface area contributed by atoms with Crippen molar-refractivity contribution >= 4 is 11.7 Å². The molecule has 0 bridgehead atoms. The Labute approximate surface area is 159 Å². The Kier molecular flexibility index (Phi) is 5.86. The molecule has 2 aromatic rings. The number of alkyl halides is 3. The van der Waals surface area contributed by atoms with E-state index in [2.05, 4.69) is 5.32 Å². The second-order valence-corrected chi connectivity index (χ2v) is 6.82. The lowest BCUT2D eigenvalue weighted by Gasteiger charge is -2.29. The van der Waals surface area contributed by atoms with Crippen LogP contribution in [0.1, 0.15) is 36.8 Å². The van der Waals surface area contributed by atoms with E-state index in [4.69, 9.17) is 0 Å². The van der Waals surface area contributed by atoms with Gasteiger partial charge in [0.05, 0.1) is 5.56 Å². The van der Waals surface area contributed by atoms with Gasteiger partial charge in [-0.2, -0.15) is 13.2 Å². The highest BCUT2D eigenvalue weighted by Gasteiger charge is 2.31. The van der Waals surface area contributed by atoms with Crippen LogP contribution in [-0.4, -0.2) is 17.0 Å². The van der Waals surface area contributed by atoms with Crippen LogP contribution in [0.3, 0.4) is 0 Å². The zero-order chi connectivity index (χ0) is 20.3. The zero-order valence-corrected chi connectivity index (χ0v) is 14.9. The van der Waals surface area contributed by atoms with Gasteiger partial charge >= 0.3 is 12.2 Å². The molecule has 2 amide bonds. The molecule has 0 unspecified atom stereocenters. The molecule has 0 spiro atoms. The van der Waals surface area contributed by atoms with Crippen molar-refractivity contribution in [3.05, 3.63) is 65.2 Å². The third-order valence-electron chi connectivity index (χ3n) is 4.80. The molecule has 0 aromatic heterocycles. The molecule has 8 heteroatoms. The molecular formula is C20H19F5N2O. The van der Waals surface area contributed by atoms with E-state index < -0.39 is 29.4 Å². The highest BCUT2D eigenvalue weighted by atomic mass is 19.4. The first-order valence-electron chi connectivity index (χ1n) is 8.93. The van der Waals surface area contributed by atoms with Crippen LogP contribution in [0, 0.1) is 11.6 Å². The molecule has 0 saturated heterocycles. The average molecular weight is 398 g/mol. The number of halogens is 5. The van der Waals surface area contributed by atoms with Crippen molar-refractivity contribution in [1.29, 1.82) is 0 Å². The normalized spacial score (nSPS) is 14.9. The summed E-state index contributed by atoms with van der Waals surface area (Å²) in [5.74, 6) is -2.13. The minimum absolute atomic E-state index is 0.00982. The second kappa shape index (κ2) is 8.16. The number of nitrogens with one attached hydrogen (secondary N) is 1. The molecule has 0 aliphatic heterocycles. The molecule has 0 radical (unpaired) electrons. The average Bonchev–Trinajstić information content (AvgIpc) is 3.16. The van der Waals surface area contributed by atoms with Crippen LogP contribution in [0.5, 0.6) is 0 Å². The second-order valence-electron chi connectivity index (χ2n) is 6.82. The summed E-state index contributed by atoms with van der Waals surface area (Å²) in [7, 11) is 0. The number of anilines is 1. The SMILES string of the molecule is O=C(Nc1ccc(F)c(F)c1)N(Cc1cccc(C(F)(F)F)c1)C1CCCC1. The number of carbonyl (C=O) groups excluding carboxylic acids is 1. The molecule has 1 aliphatic rings. The zero-order valence-electron chi connectivity index (χ0n) is 14.9. The topological polar surface area (TPSA) is 32.3 Å². The molecule has 0 atom stereocenters. The maximum Gasteiger partial charge on any atom is 0.416 e. The Morgan fingerprint density at radius 2 is 1.75 bits per heavy atom. The number of benzene rings is 2. The summed E-state index contributed by atoms with van der Waals surface area (Å²) in [5, 5.41) is 2.51. The minimum Gasteiger partial charge on any atom is -0.317 e. The molecule has 1 fully saturated rings. The fraction of sp³-hybridized carbons (Fsp3) is 0.350. The van der Waals surface area contributed by atoms with Crippen LogP contribution >= 0.6 is 0 Å². The first-order chi connectivity index (χ1) is 13.2. The third-order valence-corrected chi connectivity index (χ3v) is 4.80. The number of urea groups is 1. The van der Waals surface area contributed by atoms with Gasteiger partial charge < -0.3 is 10.2 Å². The van der Waals surface area contributed by atoms with Crippen molar-refractivity contribution in [2.45, 2.75) is 44.4 Å². The van der Waals surface area contributed by atoms with Crippen LogP contribution in [0.15, 0.2) is 42.5 Å². The fourth-order valence-corrected chi connectivity index (χ4v) is 3.39. The van der Waals surface area contributed by atoms with Crippen LogP contribution in [-0.2, 0) is 12.7 Å². The third kappa shape index (κ3) is 4.79. The Morgan fingerprint density at radius 3 is 2.39 bits per heavy atom. The number of amides is 2. The van der Waals surface area contributed by atoms with Gasteiger partial charge in [-0.25, -0.2) is 13.6 Å². The van der Waals surface area contributed by atoms with Gasteiger partial charge in [0.2, 0.25) is 0 Å². The van der Waals surface area contributed by atoms with Gasteiger partial charge in [0.1, 0.15) is 0 Å². The maximum absolute atomic E-state index is 13.4. The Bertz CT molecular complexity index is 847. The van der Waals surface area contributed by atoms with Crippen molar-refractivity contribution < 1.29 is 26.7 Å². The van der Waals surface area contributed by atoms with Gasteiger partial charge in [-0.05, 0) is 42.7 Å². The fourth-order valence-electron chi connectivity index (χ4n) is 3.39. The van der Waals surface area contributed by atoms with E-state index in [9.17, 15) is 26.7 Å². The monoisotopic (exact) mass is 398 g/mol. The van der Waals surface area contributed by atoms with E-state index in [0.29, 0.717) is 5.56 Å². The van der Waals surface area contributed by atoms with Gasteiger partial charge in [-0.3, -0.25) is 0 Å². The quantitative estimate of drug-likeness (QED) is 0.633. The van der Waals surface area contributed by atoms with E-state index >= 15 is 0 Å². The molecule has 150 valence electrons. The Hall–Kier alpha value is -2.64. The lowest BCUT2D eigenvalue weighted by atomic mass is 10.1. The summed E-state index contributed by atoms with van der Waals surface area (Å²) in [5.41, 5.74) is -0.351. The van der Waals surface area contributed by atoms with E-state index in [1.165, 1.54) is 23.1 Å². The molecule has 1 N–H and O–H groups in total. The van der Waals surface area contributed by atoms with E-state index in [1.54, 1.807) is 0 Å². The van der Waals surface area contributed by atoms with E-state index in [-0.39, 0.29) is 18.3 Å². The molecule has 3 rings (SSSR count). The van der Waals surface area contributed by atoms with Crippen molar-refractivity contribution in [2.24, 2.45) is 0 Å². The van der Waals surface area contributed by atoms with Crippen LogP contribution in [0.4, 0.5) is 32.4 Å². The molecule has 0 heterocycles. The van der Waals surface area contributed by atoms with Crippen molar-refractivity contribution in [3.8, 4) is 0 Å². The van der Waals surface area contributed by atoms with Crippen molar-refractivity contribution in [3.63, 3.8) is 0 Å². The smallest absolute Gasteiger partial charge is 0.317 e. The van der Waals surface area contributed by atoms with Crippen molar-refractivity contribution in [2.75, 3.05) is 5.32 Å². The number of nitrogens with zero attached hydrogens (tertiary/aromatic N) is 1. The summed E-state index contributed by atoms with van der Waals surface area (Å²) < 4.78 is 65.4. The van der Waals surface area contributed by atoms with E-state index in [1.807, 2.05) is 0 Å². The van der Waals surface area contributed by atoms with Gasteiger partial charge in [0.15, 0.2) is 11.6 Å². The first-order valence-corrected chi connectivity index (χ1v) is 8.93. The van der Waals surface area contributed by atoms with Gasteiger partial charge in [0.25, 0.3) is 0 Å². The minimum atomic E-state index is -4.47. The summed E-state index contributed by atoms with van der Waals surface area (Å²) in [6.45, 7) is -0.00982. The standard InChI is InChI=1S/C20H19F5N2O/c21-17-9-8-15(11-18(17)22)26-19(28)27(16-6-1-2-7-16)12-13-4-3-5-14(10-13)20(23,24)25/h3-5,8-11,16H,1-2,6-7,12H2,(H,26,28). The first kappa shape index (κ1) is 20.1. The van der Waals surface area contributed by atoms with Gasteiger partial charge in [0, 0.05) is 24.3 Å². The summed E-state index contributed by atoms with van der Waals surface area (Å²) in [4.78, 5) is 14.2. The number of rotatable bonds is 4. The molecule has 1 aliphatic carbocycles. The lowest BCUT2D eigenvalue weighted by Crippen LogP contribution is -2.41. The molecule has 2 aromatic carbocycles. The maximum atomic E-state index is 13.4. The largest absolute Gasteiger partial charge is 0.416 e. The Morgan fingerprint density at radius 1 is 1.04 bits per heavy atom. The molecular weight excluding hydrogens is 379 g/mol. The number of carbonyl (C=O) groups is 1. The van der Waals surface area contributed by atoms with Crippen LogP contribution in [0.2, 0.25) is 0 Å². The highest BCUT2D eigenvalue weighted by molar-refractivity contribution is 5.89. The van der Waals surface area contributed by atoms with Gasteiger partial charge in [-0.1, -0.05) is 25.0 Å². The summed E-state index contributed by atoms with van der Waals surface area (Å²) >= 11 is 0. The van der Waals surface area contributed by atoms with Crippen LogP contribution in [0.25, 0.3) is 0 Å². The highest BCUT2D eigenvalue weighted by Crippen LogP contribution is 2.31. The van der Waals surface area contributed by atoms with E-state index in [0.717, 1.165) is 49.9 Å². The molecule has 3 nitrogen and oxygen atoms in total. The summed E-state index contributed by atoms with van der Waals surface area (Å²) in [6, 6.07) is 7.14. The predicted octanol–water partition coefficient (Wildman–Crippen LogP) is 5.96. The lowest BCUT2D eigenvalue weighted by molar-refractivity contribution is -0.137. The van der Waals surface area contributed by atoms with Crippen molar-refractivity contribution in [1.82, 2.24) is 4.90 Å². The predicted molar refractivity (Wildman–Crippen MR) is 94.6 cm³/mol. The summed E-state index contributed by atoms with van der Waals surface area (Å²) in [6.07, 6.45) is -1.15. The number of hydrogen-bond donors (Lipinski definition) is 1. The Balaban J connectivity index is 1.81. The molecule has 1 saturated carbocycles. The van der Waals surface area contributed by atoms with Gasteiger partial charge in [-0.15, -0.1) is 0 Å². The molecule has 28 heavy (non-hydrogen) atoms.